The van der Waals surface area contributed by atoms with Crippen molar-refractivity contribution < 1.29 is 12.9 Å². The van der Waals surface area contributed by atoms with Gasteiger partial charge in [-0.3, -0.25) is 0 Å². The highest BCUT2D eigenvalue weighted by Gasteiger charge is 2.23. The number of halogens is 1. The van der Waals surface area contributed by atoms with Gasteiger partial charge < -0.3 is 9.42 Å². The number of hydrogen-bond donors (Lipinski definition) is 1. The summed E-state index contributed by atoms with van der Waals surface area (Å²) in [7, 11) is -3.73. The first-order chi connectivity index (χ1) is 11.9. The number of hydrogen-bond acceptors (Lipinski definition) is 7. The topological polar surface area (TPSA) is 102 Å². The molecule has 0 fully saturated rings. The van der Waals surface area contributed by atoms with E-state index in [4.69, 9.17) is 9.66 Å². The van der Waals surface area contributed by atoms with Crippen LogP contribution in [0.5, 0.6) is 0 Å². The van der Waals surface area contributed by atoms with Gasteiger partial charge in [0, 0.05) is 22.1 Å². The van der Waals surface area contributed by atoms with Crippen LogP contribution in [0.2, 0.25) is 0 Å². The Kier molecular flexibility index (Phi) is 4.14. The van der Waals surface area contributed by atoms with Gasteiger partial charge in [-0.15, -0.1) is 11.3 Å². The fraction of sp³-hybridized carbons (Fsp3) is 0.200. The molecule has 10 heteroatoms. The van der Waals surface area contributed by atoms with E-state index < -0.39 is 10.0 Å². The molecule has 1 aliphatic rings. The Hall–Kier alpha value is -1.75. The molecule has 0 radical (unpaired) electrons. The molecule has 3 heterocycles. The van der Waals surface area contributed by atoms with Gasteiger partial charge in [0.15, 0.2) is 0 Å². The van der Waals surface area contributed by atoms with Crippen molar-refractivity contribution in [2.75, 3.05) is 11.4 Å². The number of nitrogens with two attached hydrogens (primary N) is 1. The van der Waals surface area contributed by atoms with Crippen molar-refractivity contribution in [3.05, 3.63) is 45.6 Å². The molecule has 7 nitrogen and oxygen atoms in total. The molecule has 0 atom stereocenters. The Balaban J connectivity index is 1.59. The van der Waals surface area contributed by atoms with Crippen LogP contribution in [0, 0.1) is 0 Å². The molecule has 0 unspecified atom stereocenters. The summed E-state index contributed by atoms with van der Waals surface area (Å²) >= 11 is 4.93. The van der Waals surface area contributed by atoms with Gasteiger partial charge in [-0.2, -0.15) is 4.98 Å². The summed E-state index contributed by atoms with van der Waals surface area (Å²) in [5.74, 6) is 1.02. The van der Waals surface area contributed by atoms with Crippen molar-refractivity contribution in [1.82, 2.24) is 10.1 Å². The monoisotopic (exact) mass is 440 g/mol. The number of fused-ring (bicyclic) bond motifs is 1. The molecule has 25 heavy (non-hydrogen) atoms. The average Bonchev–Trinajstić information content (AvgIpc) is 3.27. The molecule has 2 aromatic heterocycles. The molecular weight excluding hydrogens is 428 g/mol. The largest absolute Gasteiger partial charge is 0.362 e. The van der Waals surface area contributed by atoms with Gasteiger partial charge in [-0.05, 0) is 46.1 Å². The van der Waals surface area contributed by atoms with Crippen LogP contribution in [-0.2, 0) is 23.0 Å². The van der Waals surface area contributed by atoms with Crippen LogP contribution in [0.1, 0.15) is 11.5 Å². The van der Waals surface area contributed by atoms with Gasteiger partial charge in [0.05, 0.1) is 16.3 Å². The highest BCUT2D eigenvalue weighted by atomic mass is 79.9. The van der Waals surface area contributed by atoms with Crippen LogP contribution in [0.25, 0.3) is 10.7 Å². The van der Waals surface area contributed by atoms with Crippen LogP contribution in [0.3, 0.4) is 0 Å². The van der Waals surface area contributed by atoms with Crippen molar-refractivity contribution >= 4 is 43.0 Å². The molecular formula is C15H13BrN4O3S2. The minimum absolute atomic E-state index is 0.104. The first-order valence-electron chi connectivity index (χ1n) is 7.38. The van der Waals surface area contributed by atoms with Gasteiger partial charge in [0.1, 0.15) is 0 Å². The summed E-state index contributed by atoms with van der Waals surface area (Å²) in [5, 5.41) is 11.2. The molecule has 0 aliphatic carbocycles. The molecule has 0 amide bonds. The van der Waals surface area contributed by atoms with E-state index in [0.717, 1.165) is 33.6 Å². The Labute approximate surface area is 156 Å². The Bertz CT molecular complexity index is 1040. The Morgan fingerprint density at radius 2 is 2.20 bits per heavy atom. The van der Waals surface area contributed by atoms with Crippen molar-refractivity contribution in [3.63, 3.8) is 0 Å². The molecule has 130 valence electrons. The van der Waals surface area contributed by atoms with Gasteiger partial charge in [0.2, 0.25) is 21.7 Å². The zero-order valence-electron chi connectivity index (χ0n) is 12.8. The number of nitrogens with zero attached hydrogens (tertiary/aromatic N) is 3. The lowest BCUT2D eigenvalue weighted by Crippen LogP contribution is -2.20. The van der Waals surface area contributed by atoms with Crippen molar-refractivity contribution in [1.29, 1.82) is 0 Å². The average molecular weight is 441 g/mol. The van der Waals surface area contributed by atoms with Gasteiger partial charge >= 0.3 is 0 Å². The molecule has 0 bridgehead atoms. The van der Waals surface area contributed by atoms with E-state index in [1.54, 1.807) is 12.1 Å². The fourth-order valence-corrected chi connectivity index (χ4v) is 4.66. The molecule has 0 spiro atoms. The summed E-state index contributed by atoms with van der Waals surface area (Å²) in [5.41, 5.74) is 1.92. The third-order valence-corrected chi connectivity index (χ3v) is 6.56. The van der Waals surface area contributed by atoms with E-state index in [0.29, 0.717) is 18.3 Å². The number of benzene rings is 1. The van der Waals surface area contributed by atoms with E-state index in [-0.39, 0.29) is 4.90 Å². The SMILES string of the molecule is NS(=O)(=O)c1ccc2c(c1)N(Cc1nc(-c3cc(Br)cs3)no1)CC2. The van der Waals surface area contributed by atoms with Crippen molar-refractivity contribution in [2.45, 2.75) is 17.9 Å². The predicted octanol–water partition coefficient (Wildman–Crippen LogP) is 2.77. The Morgan fingerprint density at radius 3 is 2.92 bits per heavy atom. The van der Waals surface area contributed by atoms with Crippen LogP contribution < -0.4 is 10.0 Å². The molecule has 1 aliphatic heterocycles. The van der Waals surface area contributed by atoms with Crippen molar-refractivity contribution in [2.24, 2.45) is 5.14 Å². The van der Waals surface area contributed by atoms with Crippen LogP contribution in [-0.4, -0.2) is 25.1 Å². The maximum atomic E-state index is 11.6. The molecule has 1 aromatic carbocycles. The van der Waals surface area contributed by atoms with Crippen LogP contribution >= 0.6 is 27.3 Å². The van der Waals surface area contributed by atoms with Crippen LogP contribution in [0.15, 0.2) is 43.5 Å². The number of thiophene rings is 1. The zero-order chi connectivity index (χ0) is 17.6. The van der Waals surface area contributed by atoms with Crippen molar-refractivity contribution in [3.8, 4) is 10.7 Å². The molecule has 0 saturated carbocycles. The second kappa shape index (κ2) is 6.20. The summed E-state index contributed by atoms with van der Waals surface area (Å²) < 4.78 is 29.5. The molecule has 3 aromatic rings. The number of anilines is 1. The lowest BCUT2D eigenvalue weighted by molar-refractivity contribution is 0.377. The summed E-state index contributed by atoms with van der Waals surface area (Å²) in [4.78, 5) is 7.47. The number of rotatable bonds is 4. The van der Waals surface area contributed by atoms with Gasteiger partial charge in [-0.1, -0.05) is 11.2 Å². The lowest BCUT2D eigenvalue weighted by Gasteiger charge is -2.17. The quantitative estimate of drug-likeness (QED) is 0.668. The molecule has 4 rings (SSSR count). The van der Waals surface area contributed by atoms with E-state index in [2.05, 4.69) is 26.1 Å². The first kappa shape index (κ1) is 16.7. The number of aromatic nitrogens is 2. The minimum atomic E-state index is -3.73. The standard InChI is InChI=1S/C15H13BrN4O3S2/c16-10-5-13(24-8-10)15-18-14(23-19-15)7-20-4-3-9-1-2-11(6-12(9)20)25(17,21)22/h1-2,5-6,8H,3-4,7H2,(H2,17,21,22). The lowest BCUT2D eigenvalue weighted by atomic mass is 10.2. The third-order valence-electron chi connectivity index (χ3n) is 3.96. The molecule has 0 saturated heterocycles. The van der Waals surface area contributed by atoms with E-state index in [1.165, 1.54) is 17.4 Å². The second-order valence-electron chi connectivity index (χ2n) is 5.65. The predicted molar refractivity (Wildman–Crippen MR) is 97.9 cm³/mol. The van der Waals surface area contributed by atoms with E-state index >= 15 is 0 Å². The summed E-state index contributed by atoms with van der Waals surface area (Å²) in [6.07, 6.45) is 0.832. The highest BCUT2D eigenvalue weighted by molar-refractivity contribution is 9.10. The third kappa shape index (κ3) is 3.34. The van der Waals surface area contributed by atoms with E-state index in [1.807, 2.05) is 16.3 Å². The van der Waals surface area contributed by atoms with Crippen LogP contribution in [0.4, 0.5) is 5.69 Å². The summed E-state index contributed by atoms with van der Waals surface area (Å²) in [6, 6.07) is 6.88. The summed E-state index contributed by atoms with van der Waals surface area (Å²) in [6.45, 7) is 1.17. The molecule has 2 N–H and O–H groups in total. The minimum Gasteiger partial charge on any atom is -0.362 e. The highest BCUT2D eigenvalue weighted by Crippen LogP contribution is 2.32. The maximum absolute atomic E-state index is 11.6. The fourth-order valence-electron chi connectivity index (χ4n) is 2.78. The van der Waals surface area contributed by atoms with Gasteiger partial charge in [0.25, 0.3) is 0 Å². The maximum Gasteiger partial charge on any atom is 0.246 e. The smallest absolute Gasteiger partial charge is 0.246 e. The number of sulfonamides is 1. The zero-order valence-corrected chi connectivity index (χ0v) is 16.1. The Morgan fingerprint density at radius 1 is 1.36 bits per heavy atom. The normalized spacial score (nSPS) is 14.1. The second-order valence-corrected chi connectivity index (χ2v) is 9.04. The van der Waals surface area contributed by atoms with Gasteiger partial charge in [-0.25, -0.2) is 13.6 Å². The first-order valence-corrected chi connectivity index (χ1v) is 10.6. The number of primary sulfonamides is 1. The van der Waals surface area contributed by atoms with E-state index in [9.17, 15) is 8.42 Å².